The summed E-state index contributed by atoms with van der Waals surface area (Å²) in [5.74, 6) is 0.741. The number of unbranched alkanes of at least 4 members (excludes halogenated alkanes) is 1. The van der Waals surface area contributed by atoms with Gasteiger partial charge < -0.3 is 5.32 Å². The quantitative estimate of drug-likeness (QED) is 0.496. The molecular formula is C14H29N. The molecule has 1 N–H and O–H groups in total. The highest BCUT2D eigenvalue weighted by molar-refractivity contribution is 4.86. The van der Waals surface area contributed by atoms with E-state index in [2.05, 4.69) is 52.1 Å². The molecular weight excluding hydrogens is 182 g/mol. The minimum absolute atomic E-state index is 0.402. The first-order chi connectivity index (χ1) is 7.02. The van der Waals surface area contributed by atoms with Gasteiger partial charge in [-0.3, -0.25) is 0 Å². The molecule has 15 heavy (non-hydrogen) atoms. The Bertz CT molecular complexity index is 165. The first-order valence-electron chi connectivity index (χ1n) is 6.34. The van der Waals surface area contributed by atoms with E-state index in [1.165, 1.54) is 25.8 Å². The van der Waals surface area contributed by atoms with Crippen molar-refractivity contribution < 1.29 is 0 Å². The Morgan fingerprint density at radius 2 is 1.93 bits per heavy atom. The van der Waals surface area contributed by atoms with Gasteiger partial charge in [0.1, 0.15) is 0 Å². The van der Waals surface area contributed by atoms with Crippen molar-refractivity contribution >= 4 is 0 Å². The number of allylic oxidation sites excluding steroid dienone is 2. The molecule has 0 aliphatic rings. The fourth-order valence-corrected chi connectivity index (χ4v) is 1.62. The van der Waals surface area contributed by atoms with Crippen LogP contribution in [0.2, 0.25) is 0 Å². The molecule has 0 aromatic carbocycles. The van der Waals surface area contributed by atoms with Gasteiger partial charge in [-0.25, -0.2) is 0 Å². The molecule has 1 heteroatoms. The SMILES string of the molecule is C/C=C/CC(CNCCCC)C(C)(C)C. The Morgan fingerprint density at radius 3 is 2.40 bits per heavy atom. The smallest absolute Gasteiger partial charge is 0.00125 e. The highest BCUT2D eigenvalue weighted by Gasteiger charge is 2.22. The molecule has 1 unspecified atom stereocenters. The number of nitrogens with one attached hydrogen (secondary N) is 1. The third-order valence-corrected chi connectivity index (χ3v) is 2.98. The second kappa shape index (κ2) is 7.92. The third-order valence-electron chi connectivity index (χ3n) is 2.98. The van der Waals surface area contributed by atoms with E-state index in [4.69, 9.17) is 0 Å². The van der Waals surface area contributed by atoms with Crippen molar-refractivity contribution in [2.45, 2.75) is 53.9 Å². The standard InChI is InChI=1S/C14H29N/c1-6-8-10-13(14(3,4)5)12-15-11-9-7-2/h6,8,13,15H,7,9-12H2,1-5H3/b8-6+. The molecule has 0 heterocycles. The van der Waals surface area contributed by atoms with E-state index in [9.17, 15) is 0 Å². The number of rotatable bonds is 7. The van der Waals surface area contributed by atoms with E-state index < -0.39 is 0 Å². The molecule has 0 saturated heterocycles. The van der Waals surface area contributed by atoms with Crippen LogP contribution in [0.4, 0.5) is 0 Å². The summed E-state index contributed by atoms with van der Waals surface area (Å²) < 4.78 is 0. The van der Waals surface area contributed by atoms with Crippen LogP contribution in [0.1, 0.15) is 53.9 Å². The lowest BCUT2D eigenvalue weighted by molar-refractivity contribution is 0.234. The molecule has 0 spiro atoms. The van der Waals surface area contributed by atoms with E-state index >= 15 is 0 Å². The predicted molar refractivity (Wildman–Crippen MR) is 70.2 cm³/mol. The number of hydrogen-bond donors (Lipinski definition) is 1. The van der Waals surface area contributed by atoms with Crippen molar-refractivity contribution in [3.8, 4) is 0 Å². The fraction of sp³-hybridized carbons (Fsp3) is 0.857. The molecule has 0 aliphatic heterocycles. The van der Waals surface area contributed by atoms with Gasteiger partial charge in [0.05, 0.1) is 0 Å². The average molecular weight is 211 g/mol. The Labute approximate surface area is 96.3 Å². The molecule has 0 bridgehead atoms. The summed E-state index contributed by atoms with van der Waals surface area (Å²) in [5.41, 5.74) is 0.402. The van der Waals surface area contributed by atoms with Crippen LogP contribution >= 0.6 is 0 Å². The Hall–Kier alpha value is -0.300. The van der Waals surface area contributed by atoms with Crippen LogP contribution in [-0.2, 0) is 0 Å². The van der Waals surface area contributed by atoms with Gasteiger partial charge >= 0.3 is 0 Å². The molecule has 0 aromatic heterocycles. The van der Waals surface area contributed by atoms with Crippen LogP contribution in [0, 0.1) is 11.3 Å². The van der Waals surface area contributed by atoms with Gasteiger partial charge in [-0.1, -0.05) is 46.3 Å². The summed E-state index contributed by atoms with van der Waals surface area (Å²) >= 11 is 0. The van der Waals surface area contributed by atoms with Gasteiger partial charge in [0, 0.05) is 0 Å². The molecule has 0 amide bonds. The third kappa shape index (κ3) is 7.61. The maximum atomic E-state index is 3.57. The second-order valence-electron chi connectivity index (χ2n) is 5.43. The van der Waals surface area contributed by atoms with Gasteiger partial charge in [-0.15, -0.1) is 0 Å². The molecule has 0 saturated carbocycles. The molecule has 1 nitrogen and oxygen atoms in total. The van der Waals surface area contributed by atoms with Crippen LogP contribution in [0.5, 0.6) is 0 Å². The molecule has 1 atom stereocenters. The summed E-state index contributed by atoms with van der Waals surface area (Å²) in [5, 5.41) is 3.57. The summed E-state index contributed by atoms with van der Waals surface area (Å²) in [6, 6.07) is 0. The van der Waals surface area contributed by atoms with Crippen LogP contribution in [0.25, 0.3) is 0 Å². The second-order valence-corrected chi connectivity index (χ2v) is 5.43. The minimum Gasteiger partial charge on any atom is -0.316 e. The van der Waals surface area contributed by atoms with E-state index in [0.29, 0.717) is 5.41 Å². The Kier molecular flexibility index (Phi) is 7.76. The Balaban J connectivity index is 3.91. The number of hydrogen-bond acceptors (Lipinski definition) is 1. The summed E-state index contributed by atoms with van der Waals surface area (Å²) in [4.78, 5) is 0. The van der Waals surface area contributed by atoms with Crippen molar-refractivity contribution in [3.05, 3.63) is 12.2 Å². The highest BCUT2D eigenvalue weighted by Crippen LogP contribution is 2.28. The monoisotopic (exact) mass is 211 g/mol. The van der Waals surface area contributed by atoms with Gasteiger partial charge in [-0.2, -0.15) is 0 Å². The van der Waals surface area contributed by atoms with Gasteiger partial charge in [0.2, 0.25) is 0 Å². The van der Waals surface area contributed by atoms with Crippen molar-refractivity contribution in [1.29, 1.82) is 0 Å². The lowest BCUT2D eigenvalue weighted by Crippen LogP contribution is -2.32. The first kappa shape index (κ1) is 14.7. The van der Waals surface area contributed by atoms with Crippen molar-refractivity contribution in [3.63, 3.8) is 0 Å². The summed E-state index contributed by atoms with van der Waals surface area (Å²) in [6.45, 7) is 13.7. The zero-order valence-corrected chi connectivity index (χ0v) is 11.3. The molecule has 0 fully saturated rings. The molecule has 0 rings (SSSR count). The topological polar surface area (TPSA) is 12.0 Å². The molecule has 0 aliphatic carbocycles. The molecule has 90 valence electrons. The summed E-state index contributed by atoms with van der Waals surface area (Å²) in [7, 11) is 0. The van der Waals surface area contributed by atoms with Crippen LogP contribution < -0.4 is 5.32 Å². The van der Waals surface area contributed by atoms with Crippen LogP contribution in [0.15, 0.2) is 12.2 Å². The predicted octanol–water partition coefficient (Wildman–Crippen LogP) is 4.00. The van der Waals surface area contributed by atoms with Gasteiger partial charge in [-0.05, 0) is 44.2 Å². The fourth-order valence-electron chi connectivity index (χ4n) is 1.62. The minimum atomic E-state index is 0.402. The lowest BCUT2D eigenvalue weighted by Gasteiger charge is -2.30. The zero-order chi connectivity index (χ0) is 11.7. The maximum absolute atomic E-state index is 3.57. The summed E-state index contributed by atoms with van der Waals surface area (Å²) in [6.07, 6.45) is 8.21. The molecule has 0 radical (unpaired) electrons. The van der Waals surface area contributed by atoms with Crippen LogP contribution in [-0.4, -0.2) is 13.1 Å². The zero-order valence-electron chi connectivity index (χ0n) is 11.3. The van der Waals surface area contributed by atoms with E-state index in [0.717, 1.165) is 12.5 Å². The maximum Gasteiger partial charge on any atom is -0.00125 e. The van der Waals surface area contributed by atoms with Crippen LogP contribution in [0.3, 0.4) is 0 Å². The van der Waals surface area contributed by atoms with E-state index in [1.54, 1.807) is 0 Å². The van der Waals surface area contributed by atoms with Gasteiger partial charge in [0.15, 0.2) is 0 Å². The highest BCUT2D eigenvalue weighted by atomic mass is 14.9. The Morgan fingerprint density at radius 1 is 1.27 bits per heavy atom. The van der Waals surface area contributed by atoms with Crippen molar-refractivity contribution in [2.75, 3.05) is 13.1 Å². The average Bonchev–Trinajstić information content (AvgIpc) is 2.15. The first-order valence-corrected chi connectivity index (χ1v) is 6.34. The largest absolute Gasteiger partial charge is 0.316 e. The van der Waals surface area contributed by atoms with Crippen molar-refractivity contribution in [1.82, 2.24) is 5.32 Å². The molecule has 0 aromatic rings. The van der Waals surface area contributed by atoms with Gasteiger partial charge in [0.25, 0.3) is 0 Å². The van der Waals surface area contributed by atoms with E-state index in [1.807, 2.05) is 0 Å². The normalized spacial score (nSPS) is 14.7. The van der Waals surface area contributed by atoms with Crippen molar-refractivity contribution in [2.24, 2.45) is 11.3 Å². The van der Waals surface area contributed by atoms with E-state index in [-0.39, 0.29) is 0 Å². The lowest BCUT2D eigenvalue weighted by atomic mass is 9.78.